The molecule has 0 fully saturated rings. The summed E-state index contributed by atoms with van der Waals surface area (Å²) in [5.74, 6) is 0. The highest BCUT2D eigenvalue weighted by molar-refractivity contribution is 7.25. The lowest BCUT2D eigenvalue weighted by molar-refractivity contribution is 0.669. The molecule has 0 saturated carbocycles. The Balaban J connectivity index is 0.000000753. The van der Waals surface area contributed by atoms with Crippen molar-refractivity contribution in [2.45, 2.75) is 27.7 Å². The third kappa shape index (κ3) is 5.96. The molecule has 14 rings (SSSR count). The van der Waals surface area contributed by atoms with Gasteiger partial charge < -0.3 is 18.0 Å². The molecule has 0 bridgehead atoms. The summed E-state index contributed by atoms with van der Waals surface area (Å²) in [6.07, 6.45) is 0. The van der Waals surface area contributed by atoms with Crippen molar-refractivity contribution in [1.82, 2.24) is 9.13 Å². The van der Waals surface area contributed by atoms with Crippen molar-refractivity contribution in [3.8, 4) is 22.5 Å². The first kappa shape index (κ1) is 40.0. The van der Waals surface area contributed by atoms with Crippen LogP contribution in [-0.2, 0) is 0 Å². The summed E-state index contributed by atoms with van der Waals surface area (Å²) in [5.41, 5.74) is 12.7. The van der Waals surface area contributed by atoms with Gasteiger partial charge in [0.1, 0.15) is 22.3 Å². The van der Waals surface area contributed by atoms with Crippen LogP contribution in [-0.4, -0.2) is 9.13 Å². The fourth-order valence-corrected chi connectivity index (χ4v) is 11.0. The molecule has 0 aliphatic heterocycles. The van der Waals surface area contributed by atoms with Crippen molar-refractivity contribution in [2.75, 3.05) is 0 Å². The summed E-state index contributed by atoms with van der Waals surface area (Å²) in [6, 6.07) is 65.7. The molecule has 0 saturated heterocycles. The number of hydrogen-bond acceptors (Lipinski definition) is 3. The zero-order valence-electron chi connectivity index (χ0n) is 36.9. The number of thiophene rings is 1. The van der Waals surface area contributed by atoms with E-state index in [4.69, 9.17) is 8.83 Å². The maximum absolute atomic E-state index is 7.24. The molecule has 4 nitrogen and oxygen atoms in total. The van der Waals surface area contributed by atoms with Crippen LogP contribution in [0.25, 0.3) is 130 Å². The van der Waals surface area contributed by atoms with Crippen LogP contribution in [0.1, 0.15) is 27.7 Å². The molecule has 0 amide bonds. The van der Waals surface area contributed by atoms with E-state index < -0.39 is 0 Å². The number of furan rings is 2. The Kier molecular flexibility index (Phi) is 9.86. The molecule has 0 radical (unpaired) electrons. The van der Waals surface area contributed by atoms with Gasteiger partial charge in [0.15, 0.2) is 0 Å². The summed E-state index contributed by atoms with van der Waals surface area (Å²) in [7, 11) is 0. The minimum Gasteiger partial charge on any atom is -0.456 e. The number of fused-ring (bicyclic) bond motifs is 17. The summed E-state index contributed by atoms with van der Waals surface area (Å²) in [5, 5.41) is 11.7. The van der Waals surface area contributed by atoms with Crippen molar-refractivity contribution in [3.05, 3.63) is 195 Å². The molecular formula is C60H46N2O2S. The smallest absolute Gasteiger partial charge is 0.145 e. The van der Waals surface area contributed by atoms with E-state index in [1.54, 1.807) is 0 Å². The molecule has 0 N–H and O–H groups in total. The van der Waals surface area contributed by atoms with Gasteiger partial charge in [0.2, 0.25) is 0 Å². The molecule has 5 heterocycles. The van der Waals surface area contributed by atoms with Crippen molar-refractivity contribution in [2.24, 2.45) is 0 Å². The maximum atomic E-state index is 7.24. The Morgan fingerprint density at radius 1 is 0.354 bits per heavy atom. The Morgan fingerprint density at radius 2 is 0.892 bits per heavy atom. The normalized spacial score (nSPS) is 11.5. The average Bonchev–Trinajstić information content (AvgIpc) is 4.20. The highest BCUT2D eigenvalue weighted by Crippen LogP contribution is 2.46. The molecule has 5 aromatic heterocycles. The predicted molar refractivity (Wildman–Crippen MR) is 282 cm³/mol. The first-order valence-electron chi connectivity index (χ1n) is 22.5. The number of rotatable bonds is 3. The summed E-state index contributed by atoms with van der Waals surface area (Å²) in [4.78, 5) is 0. The lowest BCUT2D eigenvalue weighted by Crippen LogP contribution is -1.94. The molecule has 5 heteroatoms. The molecule has 0 spiro atoms. The van der Waals surface area contributed by atoms with Crippen LogP contribution in [0.3, 0.4) is 0 Å². The van der Waals surface area contributed by atoms with Gasteiger partial charge in [0.25, 0.3) is 0 Å². The third-order valence-corrected chi connectivity index (χ3v) is 13.7. The van der Waals surface area contributed by atoms with E-state index >= 15 is 0 Å². The largest absolute Gasteiger partial charge is 0.456 e. The SMILES string of the molecule is C=C.CC.CC.c1cc(-c2ccc3oc4ccccc4c3c2)cc(-n2c3ccccc3c3c4oc5c(ccc6c5c5ccccc5n6-c5ccc6sc7ccccc7c6c5)c4ccc32)c1. The van der Waals surface area contributed by atoms with E-state index in [0.29, 0.717) is 0 Å². The van der Waals surface area contributed by atoms with E-state index in [9.17, 15) is 0 Å². The van der Waals surface area contributed by atoms with Crippen LogP contribution in [0, 0.1) is 0 Å². The number of nitrogens with zero attached hydrogens (tertiary/aromatic N) is 2. The molecule has 0 atom stereocenters. The third-order valence-electron chi connectivity index (χ3n) is 12.5. The van der Waals surface area contributed by atoms with Crippen molar-refractivity contribution < 1.29 is 8.83 Å². The van der Waals surface area contributed by atoms with Crippen LogP contribution >= 0.6 is 11.3 Å². The first-order valence-corrected chi connectivity index (χ1v) is 23.3. The second-order valence-corrected chi connectivity index (χ2v) is 16.7. The van der Waals surface area contributed by atoms with Crippen LogP contribution in [0.2, 0.25) is 0 Å². The quantitative estimate of drug-likeness (QED) is 0.166. The fraction of sp³-hybridized carbons (Fsp3) is 0.0667. The second-order valence-electron chi connectivity index (χ2n) is 15.6. The number of benzene rings is 9. The standard InChI is InChI=1S/C54H30N2O2S.2C2H6.C2H4/c1-5-16-43-39(14-1)51-45(55(43)33-11-9-10-31(28-33)32-20-26-48-41(29-32)35-12-3-7-18-47(35)57-48)24-22-37-38-23-25-46-52(54(38)58-53(37)51)40-15-2-6-17-44(40)56(46)34-21-27-50-42(30-34)36-13-4-8-19-49(36)59-50;3*1-2/h1-30H;2*1-2H3;1-2H2. The number of hydrogen-bond donors (Lipinski definition) is 0. The summed E-state index contributed by atoms with van der Waals surface area (Å²) >= 11 is 1.85. The van der Waals surface area contributed by atoms with Crippen LogP contribution < -0.4 is 0 Å². The van der Waals surface area contributed by atoms with Gasteiger partial charge in [-0.15, -0.1) is 24.5 Å². The molecular weight excluding hydrogens is 813 g/mol. The Labute approximate surface area is 380 Å². The average molecular weight is 859 g/mol. The van der Waals surface area contributed by atoms with Gasteiger partial charge in [-0.05, 0) is 102 Å². The zero-order valence-corrected chi connectivity index (χ0v) is 37.7. The summed E-state index contributed by atoms with van der Waals surface area (Å²) < 4.78 is 20.8. The van der Waals surface area contributed by atoms with Gasteiger partial charge in [0, 0.05) is 63.9 Å². The Bertz CT molecular complexity index is 4110. The Hall–Kier alpha value is -7.86. The van der Waals surface area contributed by atoms with Crippen molar-refractivity contribution >= 4 is 119 Å². The molecule has 0 aliphatic carbocycles. The molecule has 14 aromatic rings. The molecule has 314 valence electrons. The monoisotopic (exact) mass is 858 g/mol. The fourth-order valence-electron chi connectivity index (χ4n) is 9.94. The maximum Gasteiger partial charge on any atom is 0.145 e. The lowest BCUT2D eigenvalue weighted by atomic mass is 10.0. The number of aromatic nitrogens is 2. The molecule has 0 unspecified atom stereocenters. The van der Waals surface area contributed by atoms with E-state index in [1.165, 1.54) is 30.9 Å². The van der Waals surface area contributed by atoms with Gasteiger partial charge in [-0.2, -0.15) is 0 Å². The van der Waals surface area contributed by atoms with E-state index in [2.05, 4.69) is 192 Å². The lowest BCUT2D eigenvalue weighted by Gasteiger charge is -2.10. The zero-order chi connectivity index (χ0) is 44.3. The van der Waals surface area contributed by atoms with E-state index in [1.807, 2.05) is 51.2 Å². The van der Waals surface area contributed by atoms with Crippen LogP contribution in [0.4, 0.5) is 0 Å². The highest BCUT2D eigenvalue weighted by atomic mass is 32.1. The molecule has 9 aromatic carbocycles. The minimum atomic E-state index is 0.902. The van der Waals surface area contributed by atoms with Crippen LogP contribution in [0.15, 0.2) is 204 Å². The van der Waals surface area contributed by atoms with E-state index in [0.717, 1.165) is 99.2 Å². The van der Waals surface area contributed by atoms with Crippen molar-refractivity contribution in [3.63, 3.8) is 0 Å². The number of para-hydroxylation sites is 3. The predicted octanol–water partition coefficient (Wildman–Crippen LogP) is 18.6. The highest BCUT2D eigenvalue weighted by Gasteiger charge is 2.23. The van der Waals surface area contributed by atoms with Gasteiger partial charge in [0.05, 0.1) is 32.8 Å². The topological polar surface area (TPSA) is 36.1 Å². The van der Waals surface area contributed by atoms with Gasteiger partial charge >= 0.3 is 0 Å². The van der Waals surface area contributed by atoms with Gasteiger partial charge in [-0.1, -0.05) is 119 Å². The first-order chi connectivity index (χ1) is 32.2. The minimum absolute atomic E-state index is 0.902. The molecule has 65 heavy (non-hydrogen) atoms. The van der Waals surface area contributed by atoms with E-state index in [-0.39, 0.29) is 0 Å². The second kappa shape index (κ2) is 16.0. The molecule has 0 aliphatic rings. The van der Waals surface area contributed by atoms with Gasteiger partial charge in [-0.3, -0.25) is 0 Å². The Morgan fingerprint density at radius 3 is 1.57 bits per heavy atom. The van der Waals surface area contributed by atoms with Crippen molar-refractivity contribution in [1.29, 1.82) is 0 Å². The van der Waals surface area contributed by atoms with Gasteiger partial charge in [-0.25, -0.2) is 0 Å². The summed E-state index contributed by atoms with van der Waals surface area (Å²) in [6.45, 7) is 14.0. The van der Waals surface area contributed by atoms with Crippen LogP contribution in [0.5, 0.6) is 0 Å².